The Morgan fingerprint density at radius 3 is 2.67 bits per heavy atom. The van der Waals surface area contributed by atoms with Crippen LogP contribution in [0.1, 0.15) is 0 Å². The van der Waals surface area contributed by atoms with Gasteiger partial charge >= 0.3 is 5.97 Å². The molecule has 0 aromatic heterocycles. The third-order valence-corrected chi connectivity index (χ3v) is 0.725. The van der Waals surface area contributed by atoms with E-state index in [1.54, 1.807) is 0 Å². The molecule has 0 fully saturated rings. The summed E-state index contributed by atoms with van der Waals surface area (Å²) in [6.45, 7) is -0.0972. The van der Waals surface area contributed by atoms with Crippen molar-refractivity contribution in [2.75, 3.05) is 20.7 Å². The van der Waals surface area contributed by atoms with Gasteiger partial charge in [-0.15, -0.1) is 4.91 Å². The number of esters is 1. The van der Waals surface area contributed by atoms with Crippen LogP contribution in [-0.2, 0) is 9.53 Å². The van der Waals surface area contributed by atoms with E-state index in [1.807, 2.05) is 0 Å². The lowest BCUT2D eigenvalue weighted by atomic mass is 10.6. The summed E-state index contributed by atoms with van der Waals surface area (Å²) < 4.78 is 4.24. The number of carbonyl (C=O) groups is 1. The highest BCUT2D eigenvalue weighted by Gasteiger charge is 2.02. The predicted octanol–water partition coefficient (Wildman–Crippen LogP) is -0.227. The number of methoxy groups -OCH3 is 1. The fraction of sp³-hybridized carbons (Fsp3) is 0.750. The fourth-order valence-electron chi connectivity index (χ4n) is 0.280. The van der Waals surface area contributed by atoms with E-state index in [0.29, 0.717) is 0 Å². The van der Waals surface area contributed by atoms with Gasteiger partial charge in [0.2, 0.25) is 0 Å². The molecule has 0 aromatic carbocycles. The smallest absolute Gasteiger partial charge is 0.327 e. The minimum Gasteiger partial charge on any atom is -0.468 e. The Balaban J connectivity index is 3.46. The molecule has 0 saturated heterocycles. The van der Waals surface area contributed by atoms with Crippen LogP contribution in [0.2, 0.25) is 0 Å². The molecule has 0 rings (SSSR count). The Kier molecular flexibility index (Phi) is 3.34. The molecule has 0 bridgehead atoms. The van der Waals surface area contributed by atoms with Gasteiger partial charge in [0.15, 0.2) is 0 Å². The molecule has 0 N–H and O–H groups in total. The topological polar surface area (TPSA) is 59.0 Å². The van der Waals surface area contributed by atoms with Crippen LogP contribution in [0.25, 0.3) is 0 Å². The average Bonchev–Trinajstić information content (AvgIpc) is 1.87. The van der Waals surface area contributed by atoms with Gasteiger partial charge < -0.3 is 4.74 Å². The summed E-state index contributed by atoms with van der Waals surface area (Å²) in [7, 11) is 2.64. The van der Waals surface area contributed by atoms with Crippen LogP contribution in [0.15, 0.2) is 5.29 Å². The first-order valence-electron chi connectivity index (χ1n) is 2.32. The summed E-state index contributed by atoms with van der Waals surface area (Å²) in [5.74, 6) is -0.475. The number of hydrogen-bond acceptors (Lipinski definition) is 4. The van der Waals surface area contributed by atoms with Gasteiger partial charge in [0.1, 0.15) is 6.54 Å². The number of nitrogens with zero attached hydrogens (tertiary/aromatic N) is 2. The van der Waals surface area contributed by atoms with Crippen LogP contribution >= 0.6 is 0 Å². The lowest BCUT2D eigenvalue weighted by molar-refractivity contribution is -0.141. The second-order valence-electron chi connectivity index (χ2n) is 1.47. The summed E-state index contributed by atoms with van der Waals surface area (Å²) in [5.41, 5.74) is 0. The van der Waals surface area contributed by atoms with Crippen molar-refractivity contribution >= 4 is 5.97 Å². The number of carbonyl (C=O) groups excluding carboxylic acids is 1. The Morgan fingerprint density at radius 1 is 1.78 bits per heavy atom. The summed E-state index contributed by atoms with van der Waals surface area (Å²) in [4.78, 5) is 19.9. The van der Waals surface area contributed by atoms with Gasteiger partial charge in [-0.2, -0.15) is 0 Å². The maximum Gasteiger partial charge on any atom is 0.327 e. The highest BCUT2D eigenvalue weighted by Crippen LogP contribution is 1.82. The lowest BCUT2D eigenvalue weighted by Crippen LogP contribution is -2.21. The van der Waals surface area contributed by atoms with Crippen molar-refractivity contribution < 1.29 is 9.53 Å². The Morgan fingerprint density at radius 2 is 2.33 bits per heavy atom. The quantitative estimate of drug-likeness (QED) is 0.302. The first-order chi connectivity index (χ1) is 4.20. The summed E-state index contributed by atoms with van der Waals surface area (Å²) in [5, 5.41) is 3.41. The SMILES string of the molecule is COC(=O)CN(C)N=O. The second-order valence-corrected chi connectivity index (χ2v) is 1.47. The van der Waals surface area contributed by atoms with Crippen LogP contribution in [0.5, 0.6) is 0 Å². The number of likely N-dealkylation sites (N-methyl/N-ethyl adjacent to an activating group) is 1. The highest BCUT2D eigenvalue weighted by atomic mass is 16.5. The molecule has 9 heavy (non-hydrogen) atoms. The minimum absolute atomic E-state index is 0.0972. The molecule has 0 aromatic rings. The van der Waals surface area contributed by atoms with Crippen molar-refractivity contribution in [3.05, 3.63) is 4.91 Å². The molecule has 0 spiro atoms. The zero-order valence-electron chi connectivity index (χ0n) is 5.33. The summed E-state index contributed by atoms with van der Waals surface area (Å²) >= 11 is 0. The molecule has 0 aliphatic rings. The van der Waals surface area contributed by atoms with Crippen LogP contribution in [0.3, 0.4) is 0 Å². The van der Waals surface area contributed by atoms with E-state index < -0.39 is 5.97 Å². The first kappa shape index (κ1) is 7.87. The monoisotopic (exact) mass is 132 g/mol. The molecule has 52 valence electrons. The van der Waals surface area contributed by atoms with Crippen LogP contribution in [0, 0.1) is 4.91 Å². The van der Waals surface area contributed by atoms with Crippen LogP contribution in [-0.4, -0.2) is 31.7 Å². The molecule has 0 aliphatic heterocycles. The molecule has 5 nitrogen and oxygen atoms in total. The molecule has 0 saturated carbocycles. The van der Waals surface area contributed by atoms with E-state index in [-0.39, 0.29) is 6.54 Å². The molecular weight excluding hydrogens is 124 g/mol. The third kappa shape index (κ3) is 3.45. The third-order valence-electron chi connectivity index (χ3n) is 0.725. The van der Waals surface area contributed by atoms with Crippen molar-refractivity contribution in [3.8, 4) is 0 Å². The van der Waals surface area contributed by atoms with Crippen molar-refractivity contribution in [1.29, 1.82) is 0 Å². The van der Waals surface area contributed by atoms with Crippen molar-refractivity contribution in [2.45, 2.75) is 0 Å². The maximum atomic E-state index is 10.3. The van der Waals surface area contributed by atoms with E-state index in [9.17, 15) is 9.70 Å². The molecule has 5 heteroatoms. The van der Waals surface area contributed by atoms with E-state index in [2.05, 4.69) is 10.0 Å². The molecule has 0 heterocycles. The number of nitroso groups, excluding NO2 is 1. The van der Waals surface area contributed by atoms with Gasteiger partial charge in [-0.05, 0) is 0 Å². The largest absolute Gasteiger partial charge is 0.468 e. The molecule has 0 unspecified atom stereocenters. The van der Waals surface area contributed by atoms with Gasteiger partial charge in [0, 0.05) is 7.05 Å². The molecular formula is C4H8N2O3. The van der Waals surface area contributed by atoms with Gasteiger partial charge in [-0.3, -0.25) is 9.80 Å². The highest BCUT2D eigenvalue weighted by molar-refractivity contribution is 5.71. The Bertz CT molecular complexity index is 114. The zero-order chi connectivity index (χ0) is 7.28. The summed E-state index contributed by atoms with van der Waals surface area (Å²) in [6.07, 6.45) is 0. The zero-order valence-corrected chi connectivity index (χ0v) is 5.33. The minimum atomic E-state index is -0.475. The molecule has 0 amide bonds. The summed E-state index contributed by atoms with van der Waals surface area (Å²) in [6, 6.07) is 0. The van der Waals surface area contributed by atoms with E-state index in [4.69, 9.17) is 0 Å². The molecule has 0 atom stereocenters. The number of rotatable bonds is 3. The fourth-order valence-corrected chi connectivity index (χ4v) is 0.280. The van der Waals surface area contributed by atoms with Crippen molar-refractivity contribution in [3.63, 3.8) is 0 Å². The lowest BCUT2D eigenvalue weighted by Gasteiger charge is -2.04. The van der Waals surface area contributed by atoms with Crippen molar-refractivity contribution in [1.82, 2.24) is 5.01 Å². The van der Waals surface area contributed by atoms with E-state index >= 15 is 0 Å². The van der Waals surface area contributed by atoms with Crippen LogP contribution in [0.4, 0.5) is 0 Å². The Hall–Kier alpha value is -1.13. The normalized spacial score (nSPS) is 8.22. The standard InChI is InChI=1S/C4H8N2O3/c1-6(5-8)3-4(7)9-2/h3H2,1-2H3. The average molecular weight is 132 g/mol. The maximum absolute atomic E-state index is 10.3. The van der Waals surface area contributed by atoms with E-state index in [0.717, 1.165) is 5.01 Å². The number of hydrogen-bond donors (Lipinski definition) is 0. The Labute approximate surface area is 52.5 Å². The van der Waals surface area contributed by atoms with E-state index in [1.165, 1.54) is 14.2 Å². The number of ether oxygens (including phenoxy) is 1. The molecule has 0 radical (unpaired) electrons. The predicted molar refractivity (Wildman–Crippen MR) is 30.4 cm³/mol. The van der Waals surface area contributed by atoms with Crippen LogP contribution < -0.4 is 0 Å². The van der Waals surface area contributed by atoms with Gasteiger partial charge in [-0.1, -0.05) is 0 Å². The van der Waals surface area contributed by atoms with Crippen molar-refractivity contribution in [2.24, 2.45) is 5.29 Å². The van der Waals surface area contributed by atoms with Gasteiger partial charge in [0.25, 0.3) is 0 Å². The first-order valence-corrected chi connectivity index (χ1v) is 2.32. The van der Waals surface area contributed by atoms with Gasteiger partial charge in [-0.25, -0.2) is 0 Å². The second kappa shape index (κ2) is 3.82. The van der Waals surface area contributed by atoms with Gasteiger partial charge in [0.05, 0.1) is 12.4 Å². The molecule has 0 aliphatic carbocycles.